The zero-order chi connectivity index (χ0) is 15.9. The van der Waals surface area contributed by atoms with E-state index >= 15 is 0 Å². The third-order valence-electron chi connectivity index (χ3n) is 3.93. The van der Waals surface area contributed by atoms with Crippen molar-refractivity contribution in [3.05, 3.63) is 71.6 Å². The molecule has 0 radical (unpaired) electrons. The predicted molar refractivity (Wildman–Crippen MR) is 95.4 cm³/mol. The summed E-state index contributed by atoms with van der Waals surface area (Å²) in [5, 5.41) is 0. The van der Waals surface area contributed by atoms with Crippen LogP contribution in [-0.4, -0.2) is 23.0 Å². The number of anilines is 1. The van der Waals surface area contributed by atoms with E-state index in [2.05, 4.69) is 58.3 Å². The van der Waals surface area contributed by atoms with Crippen molar-refractivity contribution in [3.8, 4) is 11.8 Å². The minimum Gasteiger partial charge on any atom is -0.384 e. The number of hydrogen-bond acceptors (Lipinski definition) is 3. The first kappa shape index (κ1) is 15.2. The summed E-state index contributed by atoms with van der Waals surface area (Å²) in [6, 6.07) is 3.68. The Morgan fingerprint density at radius 1 is 1.22 bits per heavy atom. The van der Waals surface area contributed by atoms with Crippen molar-refractivity contribution in [1.82, 2.24) is 9.88 Å². The maximum Gasteiger partial charge on any atom is 0.123 e. The highest BCUT2D eigenvalue weighted by Gasteiger charge is 2.08. The van der Waals surface area contributed by atoms with Crippen molar-refractivity contribution in [2.45, 2.75) is 19.3 Å². The van der Waals surface area contributed by atoms with Gasteiger partial charge in [-0.05, 0) is 48.4 Å². The van der Waals surface area contributed by atoms with Gasteiger partial charge in [-0.3, -0.25) is 0 Å². The summed E-state index contributed by atoms with van der Waals surface area (Å²) >= 11 is 0. The van der Waals surface area contributed by atoms with Crippen LogP contribution in [0.2, 0.25) is 0 Å². The molecule has 3 rings (SSSR count). The fraction of sp³-hybridized carbons (Fsp3) is 0.250. The Balaban J connectivity index is 1.46. The molecule has 2 N–H and O–H groups in total. The highest BCUT2D eigenvalue weighted by molar-refractivity contribution is 5.44. The van der Waals surface area contributed by atoms with Crippen LogP contribution in [0.4, 0.5) is 5.82 Å². The lowest BCUT2D eigenvalue weighted by Crippen LogP contribution is -2.21. The molecule has 3 heteroatoms. The lowest BCUT2D eigenvalue weighted by atomic mass is 9.96. The van der Waals surface area contributed by atoms with Crippen LogP contribution in [0.5, 0.6) is 0 Å². The van der Waals surface area contributed by atoms with E-state index in [1.165, 1.54) is 11.1 Å². The number of nitrogens with two attached hydrogens (primary N) is 1. The number of hydrogen-bond donors (Lipinski definition) is 1. The van der Waals surface area contributed by atoms with Crippen molar-refractivity contribution in [3.63, 3.8) is 0 Å². The normalized spacial score (nSPS) is 16.4. The Morgan fingerprint density at radius 2 is 2.17 bits per heavy atom. The molecular weight excluding hydrogens is 282 g/mol. The Morgan fingerprint density at radius 3 is 2.87 bits per heavy atom. The second kappa shape index (κ2) is 7.51. The molecule has 3 nitrogen and oxygen atoms in total. The Kier molecular flexibility index (Phi) is 4.95. The molecule has 1 aliphatic carbocycles. The minimum absolute atomic E-state index is 0.528. The maximum atomic E-state index is 5.56. The van der Waals surface area contributed by atoms with E-state index in [4.69, 9.17) is 5.73 Å². The summed E-state index contributed by atoms with van der Waals surface area (Å²) < 4.78 is 0. The van der Waals surface area contributed by atoms with Crippen LogP contribution in [0.15, 0.2) is 66.1 Å². The fourth-order valence-corrected chi connectivity index (χ4v) is 2.61. The first-order chi connectivity index (χ1) is 11.3. The summed E-state index contributed by atoms with van der Waals surface area (Å²) in [5.41, 5.74) is 9.28. The van der Waals surface area contributed by atoms with Gasteiger partial charge in [0, 0.05) is 31.3 Å². The van der Waals surface area contributed by atoms with Crippen molar-refractivity contribution >= 4 is 5.82 Å². The smallest absolute Gasteiger partial charge is 0.123 e. The minimum atomic E-state index is 0.528. The molecule has 0 fully saturated rings. The highest BCUT2D eigenvalue weighted by Crippen LogP contribution is 2.22. The third kappa shape index (κ3) is 4.37. The molecule has 1 aliphatic heterocycles. The molecule has 1 aromatic rings. The largest absolute Gasteiger partial charge is 0.384 e. The number of rotatable bonds is 3. The van der Waals surface area contributed by atoms with Crippen LogP contribution in [0, 0.1) is 11.8 Å². The van der Waals surface area contributed by atoms with Crippen LogP contribution < -0.4 is 5.73 Å². The molecule has 2 aliphatic rings. The van der Waals surface area contributed by atoms with Gasteiger partial charge in [-0.2, -0.15) is 0 Å². The van der Waals surface area contributed by atoms with Gasteiger partial charge < -0.3 is 10.6 Å². The van der Waals surface area contributed by atoms with Crippen molar-refractivity contribution in [1.29, 1.82) is 0 Å². The number of allylic oxidation sites excluding steroid dienone is 6. The lowest BCUT2D eigenvalue weighted by molar-refractivity contribution is 0.420. The van der Waals surface area contributed by atoms with Gasteiger partial charge in [0.15, 0.2) is 0 Å². The molecule has 0 saturated heterocycles. The molecular formula is C20H21N3. The molecule has 0 aromatic carbocycles. The summed E-state index contributed by atoms with van der Waals surface area (Å²) in [6.45, 7) is 1.90. The number of aromatic nitrogens is 1. The van der Waals surface area contributed by atoms with Gasteiger partial charge in [0.05, 0.1) is 0 Å². The molecule has 0 atom stereocenters. The van der Waals surface area contributed by atoms with E-state index in [-0.39, 0.29) is 0 Å². The van der Waals surface area contributed by atoms with E-state index < -0.39 is 0 Å². The van der Waals surface area contributed by atoms with Gasteiger partial charge in [0.2, 0.25) is 0 Å². The van der Waals surface area contributed by atoms with E-state index in [0.29, 0.717) is 5.82 Å². The molecule has 0 spiro atoms. The first-order valence-corrected chi connectivity index (χ1v) is 7.98. The third-order valence-corrected chi connectivity index (χ3v) is 3.93. The van der Waals surface area contributed by atoms with E-state index in [9.17, 15) is 0 Å². The van der Waals surface area contributed by atoms with Crippen LogP contribution in [0.3, 0.4) is 0 Å². The fourth-order valence-electron chi connectivity index (χ4n) is 2.61. The SMILES string of the molecule is Nc1ccc(C#CCCN2C=CC(C3=CCC=CC3)=CC2)cn1. The van der Waals surface area contributed by atoms with Gasteiger partial charge in [-0.25, -0.2) is 4.98 Å². The molecule has 2 heterocycles. The van der Waals surface area contributed by atoms with Crippen LogP contribution >= 0.6 is 0 Å². The average molecular weight is 303 g/mol. The second-order valence-corrected chi connectivity index (χ2v) is 5.63. The standard InChI is InChI=1S/C20H21N3/c21-20-10-9-17(16-22-20)6-4-5-13-23-14-11-19(12-15-23)18-7-2-1-3-8-18/h1-2,8-12,14,16H,3,5,7,13,15H2,(H2,21,22). The van der Waals surface area contributed by atoms with Crippen molar-refractivity contribution in [2.75, 3.05) is 18.8 Å². The van der Waals surface area contributed by atoms with Crippen LogP contribution in [0.1, 0.15) is 24.8 Å². The summed E-state index contributed by atoms with van der Waals surface area (Å²) in [5.74, 6) is 6.84. The summed E-state index contributed by atoms with van der Waals surface area (Å²) in [7, 11) is 0. The van der Waals surface area contributed by atoms with E-state index in [1.807, 2.05) is 6.07 Å². The van der Waals surface area contributed by atoms with Gasteiger partial charge in [0.1, 0.15) is 5.82 Å². The molecule has 0 unspecified atom stereocenters. The molecule has 0 amide bonds. The van der Waals surface area contributed by atoms with Crippen LogP contribution in [0.25, 0.3) is 0 Å². The van der Waals surface area contributed by atoms with Crippen molar-refractivity contribution < 1.29 is 0 Å². The van der Waals surface area contributed by atoms with Gasteiger partial charge in [0.25, 0.3) is 0 Å². The molecule has 23 heavy (non-hydrogen) atoms. The van der Waals surface area contributed by atoms with E-state index in [1.54, 1.807) is 12.3 Å². The zero-order valence-electron chi connectivity index (χ0n) is 13.2. The quantitative estimate of drug-likeness (QED) is 0.687. The Bertz CT molecular complexity index is 724. The second-order valence-electron chi connectivity index (χ2n) is 5.63. The first-order valence-electron chi connectivity index (χ1n) is 7.98. The van der Waals surface area contributed by atoms with Gasteiger partial charge in [-0.15, -0.1) is 0 Å². The maximum absolute atomic E-state index is 5.56. The van der Waals surface area contributed by atoms with E-state index in [0.717, 1.165) is 37.9 Å². The number of nitrogen functional groups attached to an aromatic ring is 1. The highest BCUT2D eigenvalue weighted by atomic mass is 15.1. The van der Waals surface area contributed by atoms with Gasteiger partial charge >= 0.3 is 0 Å². The van der Waals surface area contributed by atoms with Gasteiger partial charge in [-0.1, -0.05) is 36.1 Å². The predicted octanol–water partition coefficient (Wildman–Crippen LogP) is 3.44. The molecule has 0 saturated carbocycles. The average Bonchev–Trinajstić information content (AvgIpc) is 2.62. The number of nitrogens with zero attached hydrogens (tertiary/aromatic N) is 2. The Hall–Kier alpha value is -2.73. The number of pyridine rings is 1. The van der Waals surface area contributed by atoms with Crippen LogP contribution in [-0.2, 0) is 0 Å². The van der Waals surface area contributed by atoms with Crippen molar-refractivity contribution in [2.24, 2.45) is 0 Å². The molecule has 1 aromatic heterocycles. The topological polar surface area (TPSA) is 42.1 Å². The zero-order valence-corrected chi connectivity index (χ0v) is 13.2. The molecule has 116 valence electrons. The summed E-state index contributed by atoms with van der Waals surface area (Å²) in [6.07, 6.45) is 18.1. The summed E-state index contributed by atoms with van der Waals surface area (Å²) in [4.78, 5) is 6.33. The molecule has 0 bridgehead atoms. The lowest BCUT2D eigenvalue weighted by Gasteiger charge is -2.23. The monoisotopic (exact) mass is 303 g/mol. The Labute approximate surface area is 137 Å².